The van der Waals surface area contributed by atoms with Gasteiger partial charge in [-0.1, -0.05) is 0 Å². The van der Waals surface area contributed by atoms with Gasteiger partial charge in [-0.3, -0.25) is 10.1 Å². The van der Waals surface area contributed by atoms with Crippen LogP contribution < -0.4 is 0 Å². The van der Waals surface area contributed by atoms with Crippen LogP contribution in [-0.2, 0) is 9.84 Å². The van der Waals surface area contributed by atoms with Gasteiger partial charge in [0.1, 0.15) is 5.75 Å². The van der Waals surface area contributed by atoms with Crippen LogP contribution in [0.5, 0.6) is 5.75 Å². The van der Waals surface area contributed by atoms with Gasteiger partial charge in [0, 0.05) is 17.5 Å². The van der Waals surface area contributed by atoms with Crippen molar-refractivity contribution in [2.24, 2.45) is 0 Å². The van der Waals surface area contributed by atoms with Crippen molar-refractivity contribution in [1.29, 1.82) is 0 Å². The minimum atomic E-state index is -3.70. The molecule has 2 aromatic rings. The number of benzene rings is 2. The number of aryl methyl sites for hydroxylation is 2. The standard InChI is InChI=1S/C16H15NO5S/c1-11-9-13(10-12(2)16(11)18)7-8-23(21,22)15-5-3-14(4-6-15)17(19)20/h3-10,18H,1-2H3/b8-7+. The summed E-state index contributed by atoms with van der Waals surface area (Å²) in [4.78, 5) is 9.97. The van der Waals surface area contributed by atoms with Crippen molar-refractivity contribution < 1.29 is 18.4 Å². The maximum atomic E-state index is 12.2. The Morgan fingerprint density at radius 2 is 1.61 bits per heavy atom. The summed E-state index contributed by atoms with van der Waals surface area (Å²) in [5.41, 5.74) is 1.77. The van der Waals surface area contributed by atoms with Crippen LogP contribution in [0, 0.1) is 24.0 Å². The van der Waals surface area contributed by atoms with Gasteiger partial charge in [0.25, 0.3) is 5.69 Å². The van der Waals surface area contributed by atoms with Crippen LogP contribution >= 0.6 is 0 Å². The molecule has 0 saturated heterocycles. The summed E-state index contributed by atoms with van der Waals surface area (Å²) in [6.45, 7) is 3.45. The Bertz CT molecular complexity index is 860. The predicted octanol–water partition coefficient (Wildman–Crippen LogP) is 3.36. The molecule has 0 aromatic heterocycles. The van der Waals surface area contributed by atoms with E-state index in [9.17, 15) is 23.6 Å². The van der Waals surface area contributed by atoms with Crippen molar-refractivity contribution in [1.82, 2.24) is 0 Å². The van der Waals surface area contributed by atoms with E-state index in [1.165, 1.54) is 18.2 Å². The molecule has 0 radical (unpaired) electrons. The molecular weight excluding hydrogens is 318 g/mol. The van der Waals surface area contributed by atoms with Crippen molar-refractivity contribution in [3.8, 4) is 5.75 Å². The van der Waals surface area contributed by atoms with E-state index in [4.69, 9.17) is 0 Å². The maximum Gasteiger partial charge on any atom is 0.269 e. The fourth-order valence-electron chi connectivity index (χ4n) is 2.09. The summed E-state index contributed by atoms with van der Waals surface area (Å²) in [5.74, 6) is 0.181. The minimum Gasteiger partial charge on any atom is -0.507 e. The number of phenols is 1. The molecule has 0 heterocycles. The summed E-state index contributed by atoms with van der Waals surface area (Å²) in [7, 11) is -3.70. The number of hydrogen-bond acceptors (Lipinski definition) is 5. The monoisotopic (exact) mass is 333 g/mol. The molecule has 1 N–H and O–H groups in total. The molecular formula is C16H15NO5S. The Morgan fingerprint density at radius 1 is 1.09 bits per heavy atom. The molecule has 23 heavy (non-hydrogen) atoms. The van der Waals surface area contributed by atoms with E-state index < -0.39 is 14.8 Å². The Labute approximate surface area is 133 Å². The number of sulfone groups is 1. The van der Waals surface area contributed by atoms with Crippen LogP contribution in [0.4, 0.5) is 5.69 Å². The number of hydrogen-bond donors (Lipinski definition) is 1. The molecule has 0 atom stereocenters. The number of rotatable bonds is 4. The second-order valence-corrected chi connectivity index (χ2v) is 6.94. The SMILES string of the molecule is Cc1cc(/C=C/S(=O)(=O)c2ccc([N+](=O)[O-])cc2)cc(C)c1O. The lowest BCUT2D eigenvalue weighted by Crippen LogP contribution is -1.97. The van der Waals surface area contributed by atoms with Crippen molar-refractivity contribution in [2.45, 2.75) is 18.7 Å². The van der Waals surface area contributed by atoms with E-state index in [1.807, 2.05) is 0 Å². The van der Waals surface area contributed by atoms with Gasteiger partial charge in [0.2, 0.25) is 0 Å². The highest BCUT2D eigenvalue weighted by Crippen LogP contribution is 2.24. The average molecular weight is 333 g/mol. The second kappa shape index (κ2) is 6.21. The van der Waals surface area contributed by atoms with Gasteiger partial charge in [-0.25, -0.2) is 8.42 Å². The minimum absolute atomic E-state index is 0.0217. The van der Waals surface area contributed by atoms with Crippen LogP contribution in [0.25, 0.3) is 6.08 Å². The molecule has 0 aliphatic heterocycles. The third-order valence-corrected chi connectivity index (χ3v) is 4.75. The normalized spacial score (nSPS) is 11.7. The third kappa shape index (κ3) is 3.75. The molecule has 0 fully saturated rings. The Hall–Kier alpha value is -2.67. The summed E-state index contributed by atoms with van der Waals surface area (Å²) < 4.78 is 24.4. The quantitative estimate of drug-likeness (QED) is 0.683. The maximum absolute atomic E-state index is 12.2. The summed E-state index contributed by atoms with van der Waals surface area (Å²) >= 11 is 0. The second-order valence-electron chi connectivity index (χ2n) is 5.10. The van der Waals surface area contributed by atoms with Crippen LogP contribution in [0.1, 0.15) is 16.7 Å². The zero-order chi connectivity index (χ0) is 17.2. The van der Waals surface area contributed by atoms with Gasteiger partial charge in [-0.2, -0.15) is 0 Å². The lowest BCUT2D eigenvalue weighted by Gasteiger charge is -2.05. The third-order valence-electron chi connectivity index (χ3n) is 3.33. The molecule has 0 unspecified atom stereocenters. The number of non-ortho nitro benzene ring substituents is 1. The first-order valence-corrected chi connectivity index (χ1v) is 8.23. The van der Waals surface area contributed by atoms with Crippen LogP contribution in [-0.4, -0.2) is 18.4 Å². The van der Waals surface area contributed by atoms with Crippen molar-refractivity contribution in [3.05, 3.63) is 68.6 Å². The van der Waals surface area contributed by atoms with Crippen LogP contribution in [0.3, 0.4) is 0 Å². The Kier molecular flexibility index (Phi) is 4.51. The Balaban J connectivity index is 2.32. The molecule has 7 heteroatoms. The lowest BCUT2D eigenvalue weighted by molar-refractivity contribution is -0.384. The van der Waals surface area contributed by atoms with E-state index in [2.05, 4.69) is 0 Å². The average Bonchev–Trinajstić information content (AvgIpc) is 2.50. The van der Waals surface area contributed by atoms with Gasteiger partial charge in [0.05, 0.1) is 9.82 Å². The number of nitro groups is 1. The fourth-order valence-corrected chi connectivity index (χ4v) is 3.10. The fraction of sp³-hybridized carbons (Fsp3) is 0.125. The molecule has 0 saturated carbocycles. The van der Waals surface area contributed by atoms with Crippen LogP contribution in [0.2, 0.25) is 0 Å². The van der Waals surface area contributed by atoms with Gasteiger partial charge >= 0.3 is 0 Å². The van der Waals surface area contributed by atoms with E-state index in [-0.39, 0.29) is 16.3 Å². The van der Waals surface area contributed by atoms with Gasteiger partial charge in [0.15, 0.2) is 9.84 Å². The highest BCUT2D eigenvalue weighted by molar-refractivity contribution is 7.94. The number of nitrogens with zero attached hydrogens (tertiary/aromatic N) is 1. The Morgan fingerprint density at radius 3 is 2.09 bits per heavy atom. The molecule has 0 aliphatic carbocycles. The number of aromatic hydroxyl groups is 1. The topological polar surface area (TPSA) is 97.5 Å². The van der Waals surface area contributed by atoms with Gasteiger partial charge in [-0.05, 0) is 60.9 Å². The van der Waals surface area contributed by atoms with Gasteiger partial charge < -0.3 is 5.11 Å². The first-order valence-electron chi connectivity index (χ1n) is 6.68. The first-order chi connectivity index (χ1) is 10.7. The van der Waals surface area contributed by atoms with E-state index >= 15 is 0 Å². The van der Waals surface area contributed by atoms with E-state index in [0.717, 1.165) is 17.5 Å². The lowest BCUT2D eigenvalue weighted by atomic mass is 10.1. The van der Waals surface area contributed by atoms with Crippen molar-refractivity contribution >= 4 is 21.6 Å². The van der Waals surface area contributed by atoms with Gasteiger partial charge in [-0.15, -0.1) is 0 Å². The molecule has 2 rings (SSSR count). The summed E-state index contributed by atoms with van der Waals surface area (Å²) in [5, 5.41) is 21.3. The zero-order valence-corrected chi connectivity index (χ0v) is 13.4. The zero-order valence-electron chi connectivity index (χ0n) is 12.6. The predicted molar refractivity (Wildman–Crippen MR) is 86.9 cm³/mol. The largest absolute Gasteiger partial charge is 0.507 e. The molecule has 120 valence electrons. The summed E-state index contributed by atoms with van der Waals surface area (Å²) in [6, 6.07) is 8.04. The van der Waals surface area contributed by atoms with E-state index in [1.54, 1.807) is 26.0 Å². The number of phenolic OH excluding ortho intramolecular Hbond substituents is 1. The van der Waals surface area contributed by atoms with Crippen LogP contribution in [0.15, 0.2) is 46.7 Å². The van der Waals surface area contributed by atoms with E-state index in [0.29, 0.717) is 16.7 Å². The molecule has 0 amide bonds. The van der Waals surface area contributed by atoms with Crippen molar-refractivity contribution in [3.63, 3.8) is 0 Å². The molecule has 6 nitrogen and oxygen atoms in total. The smallest absolute Gasteiger partial charge is 0.269 e. The molecule has 0 aliphatic rings. The molecule has 0 spiro atoms. The number of nitro benzene ring substituents is 1. The highest BCUT2D eigenvalue weighted by Gasteiger charge is 2.13. The highest BCUT2D eigenvalue weighted by atomic mass is 32.2. The molecule has 0 bridgehead atoms. The first kappa shape index (κ1) is 16.7. The van der Waals surface area contributed by atoms with Crippen molar-refractivity contribution in [2.75, 3.05) is 0 Å². The molecule has 2 aromatic carbocycles. The summed E-state index contributed by atoms with van der Waals surface area (Å²) in [6.07, 6.45) is 1.43.